The van der Waals surface area contributed by atoms with E-state index in [1.807, 2.05) is 6.92 Å². The van der Waals surface area contributed by atoms with Crippen molar-refractivity contribution in [3.8, 4) is 11.7 Å². The Morgan fingerprint density at radius 1 is 0.913 bits per heavy atom. The minimum Gasteiger partial charge on any atom is -0.325 e. The molecule has 0 radical (unpaired) electrons. The summed E-state index contributed by atoms with van der Waals surface area (Å²) in [5.74, 6) is 0. The van der Waals surface area contributed by atoms with Gasteiger partial charge in [-0.2, -0.15) is 8.42 Å². The molecule has 1 aromatic carbocycles. The lowest BCUT2D eigenvalue weighted by Gasteiger charge is -2.37. The lowest BCUT2D eigenvalue weighted by Crippen LogP contribution is -2.43. The number of aryl methyl sites for hydroxylation is 1. The smallest absolute Gasteiger partial charge is 0.325 e. The van der Waals surface area contributed by atoms with Gasteiger partial charge in [-0.25, -0.2) is 0 Å². The van der Waals surface area contributed by atoms with Gasteiger partial charge in [0, 0.05) is 0 Å². The van der Waals surface area contributed by atoms with Gasteiger partial charge in [-0.05, 0) is 35.7 Å². The van der Waals surface area contributed by atoms with Gasteiger partial charge in [0.1, 0.15) is 11.0 Å². The van der Waals surface area contributed by atoms with Crippen molar-refractivity contribution in [1.29, 1.82) is 0 Å². The maximum absolute atomic E-state index is 12.2. The van der Waals surface area contributed by atoms with Crippen molar-refractivity contribution in [2.24, 2.45) is 0 Å². The van der Waals surface area contributed by atoms with Crippen LogP contribution in [-0.2, 0) is 14.3 Å². The second-order valence-corrected chi connectivity index (χ2v) is 14.1. The summed E-state index contributed by atoms with van der Waals surface area (Å²) < 4.78 is 29.5. The zero-order valence-corrected chi connectivity index (χ0v) is 17.0. The minimum atomic E-state index is -3.83. The van der Waals surface area contributed by atoms with Gasteiger partial charge in [-0.1, -0.05) is 64.8 Å². The molecular formula is C18H28O3SSi. The van der Waals surface area contributed by atoms with E-state index < -0.39 is 18.2 Å². The average molecular weight is 353 g/mol. The molecule has 0 saturated carbocycles. The van der Waals surface area contributed by atoms with E-state index in [-0.39, 0.29) is 4.90 Å². The maximum Gasteiger partial charge on any atom is 0.347 e. The summed E-state index contributed by atoms with van der Waals surface area (Å²) in [6.07, 6.45) is 2.55. The van der Waals surface area contributed by atoms with Crippen molar-refractivity contribution >= 4 is 18.2 Å². The van der Waals surface area contributed by atoms with Gasteiger partial charge in [-0.3, -0.25) is 0 Å². The van der Waals surface area contributed by atoms with Crippen molar-refractivity contribution in [3.05, 3.63) is 29.8 Å². The summed E-state index contributed by atoms with van der Waals surface area (Å²) >= 11 is 0. The SMILES string of the molecule is Cc1ccc(S(=O)(=O)OC#C[Si](C(C)C)(C(C)C)C(C)C)cc1. The molecule has 23 heavy (non-hydrogen) atoms. The molecule has 0 unspecified atom stereocenters. The van der Waals surface area contributed by atoms with Crippen molar-refractivity contribution in [1.82, 2.24) is 0 Å². The predicted molar refractivity (Wildman–Crippen MR) is 98.3 cm³/mol. The molecule has 0 spiro atoms. The Kier molecular flexibility index (Phi) is 6.49. The molecule has 0 aliphatic carbocycles. The Morgan fingerprint density at radius 2 is 1.35 bits per heavy atom. The third kappa shape index (κ3) is 4.39. The van der Waals surface area contributed by atoms with Gasteiger partial charge in [0.05, 0.1) is 0 Å². The number of benzene rings is 1. The molecule has 0 fully saturated rings. The Hall–Kier alpha value is -1.25. The van der Waals surface area contributed by atoms with Gasteiger partial charge in [0.2, 0.25) is 0 Å². The fourth-order valence-corrected chi connectivity index (χ4v) is 9.23. The third-order valence-electron chi connectivity index (χ3n) is 4.59. The van der Waals surface area contributed by atoms with Gasteiger partial charge in [0.15, 0.2) is 8.07 Å². The maximum atomic E-state index is 12.2. The first-order valence-corrected chi connectivity index (χ1v) is 11.7. The highest BCUT2D eigenvalue weighted by atomic mass is 32.2. The monoisotopic (exact) mass is 352 g/mol. The fraction of sp³-hybridized carbons (Fsp3) is 0.556. The first-order valence-electron chi connectivity index (χ1n) is 8.06. The molecule has 3 nitrogen and oxygen atoms in total. The molecule has 128 valence electrons. The first kappa shape index (κ1) is 19.8. The zero-order valence-electron chi connectivity index (χ0n) is 15.2. The largest absolute Gasteiger partial charge is 0.347 e. The van der Waals surface area contributed by atoms with E-state index in [9.17, 15) is 8.42 Å². The highest BCUT2D eigenvalue weighted by Crippen LogP contribution is 2.40. The van der Waals surface area contributed by atoms with E-state index >= 15 is 0 Å². The standard InChI is InChI=1S/C18H28O3SSi/c1-14(2)23(15(3)4,16(5)6)13-12-21-22(19,20)18-10-8-17(7)9-11-18/h8-11,14-16H,1-7H3. The van der Waals surface area contributed by atoms with Crippen LogP contribution in [0.4, 0.5) is 0 Å². The molecular weight excluding hydrogens is 324 g/mol. The first-order chi connectivity index (χ1) is 10.5. The molecule has 0 amide bonds. The molecule has 1 rings (SSSR count). The van der Waals surface area contributed by atoms with E-state index in [4.69, 9.17) is 4.18 Å². The van der Waals surface area contributed by atoms with Crippen molar-refractivity contribution in [2.45, 2.75) is 70.0 Å². The molecule has 0 atom stereocenters. The highest BCUT2D eigenvalue weighted by molar-refractivity contribution is 7.86. The average Bonchev–Trinajstić information content (AvgIpc) is 2.42. The van der Waals surface area contributed by atoms with Crippen LogP contribution in [0, 0.1) is 18.6 Å². The summed E-state index contributed by atoms with van der Waals surface area (Å²) in [5, 5.41) is 0. The normalized spacial score (nSPS) is 12.4. The Bertz CT molecular complexity index is 655. The Labute approximate surface area is 142 Å². The molecule has 5 heteroatoms. The molecule has 0 heterocycles. The van der Waals surface area contributed by atoms with Crippen LogP contribution in [0.3, 0.4) is 0 Å². The van der Waals surface area contributed by atoms with Gasteiger partial charge < -0.3 is 4.18 Å². The molecule has 0 aliphatic heterocycles. The van der Waals surface area contributed by atoms with Crippen molar-refractivity contribution in [2.75, 3.05) is 0 Å². The quantitative estimate of drug-likeness (QED) is 0.431. The fourth-order valence-electron chi connectivity index (χ4n) is 3.35. The summed E-state index contributed by atoms with van der Waals surface area (Å²) in [7, 11) is -5.82. The number of rotatable bonds is 5. The lowest BCUT2D eigenvalue weighted by atomic mass is 10.2. The molecule has 0 N–H and O–H groups in total. The molecule has 1 aromatic rings. The van der Waals surface area contributed by atoms with Crippen LogP contribution in [0.5, 0.6) is 0 Å². The van der Waals surface area contributed by atoms with Crippen molar-refractivity contribution in [3.63, 3.8) is 0 Å². The van der Waals surface area contributed by atoms with Crippen LogP contribution in [0.2, 0.25) is 16.6 Å². The Morgan fingerprint density at radius 3 is 1.74 bits per heavy atom. The van der Waals surface area contributed by atoms with Crippen LogP contribution in [0.15, 0.2) is 29.2 Å². The summed E-state index contributed by atoms with van der Waals surface area (Å²) in [5.41, 5.74) is 5.55. The molecule has 0 aliphatic rings. The van der Waals surface area contributed by atoms with Crippen molar-refractivity contribution < 1.29 is 12.6 Å². The van der Waals surface area contributed by atoms with Crippen LogP contribution < -0.4 is 0 Å². The summed E-state index contributed by atoms with van der Waals surface area (Å²) in [6, 6.07) is 6.59. The van der Waals surface area contributed by atoms with E-state index in [0.717, 1.165) is 5.56 Å². The molecule has 0 aromatic heterocycles. The second kappa shape index (κ2) is 7.54. The summed E-state index contributed by atoms with van der Waals surface area (Å²) in [6.45, 7) is 15.0. The van der Waals surface area contributed by atoms with Crippen LogP contribution in [0.1, 0.15) is 47.1 Å². The minimum absolute atomic E-state index is 0.142. The van der Waals surface area contributed by atoms with E-state index in [2.05, 4.69) is 53.2 Å². The van der Waals surface area contributed by atoms with Gasteiger partial charge in [-0.15, -0.1) is 0 Å². The van der Waals surface area contributed by atoms with E-state index in [0.29, 0.717) is 16.6 Å². The molecule has 0 saturated heterocycles. The van der Waals surface area contributed by atoms with Crippen LogP contribution >= 0.6 is 0 Å². The van der Waals surface area contributed by atoms with Crippen LogP contribution in [0.25, 0.3) is 0 Å². The van der Waals surface area contributed by atoms with E-state index in [1.54, 1.807) is 24.3 Å². The van der Waals surface area contributed by atoms with Crippen LogP contribution in [-0.4, -0.2) is 16.5 Å². The van der Waals surface area contributed by atoms with Gasteiger partial charge >= 0.3 is 10.1 Å². The second-order valence-electron chi connectivity index (χ2n) is 6.97. The Balaban J connectivity index is 3.12. The van der Waals surface area contributed by atoms with Gasteiger partial charge in [0.25, 0.3) is 0 Å². The van der Waals surface area contributed by atoms with E-state index in [1.165, 1.54) is 0 Å². The number of hydrogen-bond acceptors (Lipinski definition) is 3. The number of hydrogen-bond donors (Lipinski definition) is 0. The summed E-state index contributed by atoms with van der Waals surface area (Å²) in [4.78, 5) is 0.142. The predicted octanol–water partition coefficient (Wildman–Crippen LogP) is 4.88. The topological polar surface area (TPSA) is 43.4 Å². The third-order valence-corrected chi connectivity index (χ3v) is 12.0. The lowest BCUT2D eigenvalue weighted by molar-refractivity contribution is 0.465. The molecule has 0 bridgehead atoms. The highest BCUT2D eigenvalue weighted by Gasteiger charge is 2.42. The zero-order chi connectivity index (χ0) is 17.8.